The first-order chi connectivity index (χ1) is 8.08. The van der Waals surface area contributed by atoms with Crippen LogP contribution < -0.4 is 0 Å². The topological polar surface area (TPSA) is 20.2 Å². The van der Waals surface area contributed by atoms with Gasteiger partial charge in [-0.15, -0.1) is 0 Å². The van der Waals surface area contributed by atoms with E-state index in [9.17, 15) is 5.11 Å². The molecule has 0 saturated heterocycles. The van der Waals surface area contributed by atoms with Gasteiger partial charge in [0, 0.05) is 5.02 Å². The number of aryl methyl sites for hydroxylation is 1. The first-order valence-electron chi connectivity index (χ1n) is 5.60. The van der Waals surface area contributed by atoms with Gasteiger partial charge in [-0.25, -0.2) is 0 Å². The predicted molar refractivity (Wildman–Crippen MR) is 71.8 cm³/mol. The summed E-state index contributed by atoms with van der Waals surface area (Å²) >= 11 is 5.96. The normalized spacial score (nSPS) is 10.5. The van der Waals surface area contributed by atoms with Crippen LogP contribution in [0, 0.1) is 13.8 Å². The van der Waals surface area contributed by atoms with Gasteiger partial charge in [-0.2, -0.15) is 0 Å². The van der Waals surface area contributed by atoms with Crippen LogP contribution in [0.5, 0.6) is 5.75 Å². The predicted octanol–water partition coefficient (Wildman–Crippen LogP) is 4.25. The Labute approximate surface area is 107 Å². The molecule has 0 aliphatic rings. The van der Waals surface area contributed by atoms with E-state index < -0.39 is 0 Å². The number of phenols is 1. The smallest absolute Gasteiger partial charge is 0.121 e. The highest BCUT2D eigenvalue weighted by molar-refractivity contribution is 6.30. The molecule has 17 heavy (non-hydrogen) atoms. The molecular weight excluding hydrogens is 232 g/mol. The molecule has 2 rings (SSSR count). The van der Waals surface area contributed by atoms with E-state index in [2.05, 4.69) is 6.07 Å². The van der Waals surface area contributed by atoms with Crippen molar-refractivity contribution < 1.29 is 5.11 Å². The lowest BCUT2D eigenvalue weighted by atomic mass is 9.98. The van der Waals surface area contributed by atoms with Gasteiger partial charge in [-0.05, 0) is 54.7 Å². The van der Waals surface area contributed by atoms with Gasteiger partial charge in [0.05, 0.1) is 0 Å². The third kappa shape index (κ3) is 2.62. The number of hydrogen-bond donors (Lipinski definition) is 1. The summed E-state index contributed by atoms with van der Waals surface area (Å²) in [6.45, 7) is 3.85. The summed E-state index contributed by atoms with van der Waals surface area (Å²) in [7, 11) is 0. The van der Waals surface area contributed by atoms with Crippen molar-refractivity contribution in [3.05, 3.63) is 63.7 Å². The van der Waals surface area contributed by atoms with Crippen LogP contribution in [-0.4, -0.2) is 5.11 Å². The molecule has 88 valence electrons. The van der Waals surface area contributed by atoms with Crippen LogP contribution in [0.2, 0.25) is 5.02 Å². The van der Waals surface area contributed by atoms with Crippen molar-refractivity contribution in [3.63, 3.8) is 0 Å². The van der Waals surface area contributed by atoms with Gasteiger partial charge in [0.2, 0.25) is 0 Å². The third-order valence-corrected chi connectivity index (χ3v) is 3.26. The molecule has 0 aliphatic heterocycles. The molecule has 0 saturated carbocycles. The molecule has 0 fully saturated rings. The van der Waals surface area contributed by atoms with E-state index in [1.807, 2.05) is 44.2 Å². The summed E-state index contributed by atoms with van der Waals surface area (Å²) < 4.78 is 0. The Morgan fingerprint density at radius 3 is 2.59 bits per heavy atom. The van der Waals surface area contributed by atoms with E-state index in [4.69, 9.17) is 11.6 Å². The summed E-state index contributed by atoms with van der Waals surface area (Å²) in [5.41, 5.74) is 4.15. The molecular formula is C15H15ClO. The fourth-order valence-corrected chi connectivity index (χ4v) is 2.15. The lowest BCUT2D eigenvalue weighted by Gasteiger charge is -2.10. The second-order valence-electron chi connectivity index (χ2n) is 4.32. The standard InChI is InChI=1S/C15H15ClO/c1-10-6-7-13(11(2)15(10)17)8-12-4-3-5-14(16)9-12/h3-7,9,17H,8H2,1-2H3. The highest BCUT2D eigenvalue weighted by atomic mass is 35.5. The molecule has 0 amide bonds. The maximum atomic E-state index is 9.89. The van der Waals surface area contributed by atoms with E-state index in [1.165, 1.54) is 0 Å². The van der Waals surface area contributed by atoms with Crippen molar-refractivity contribution in [1.29, 1.82) is 0 Å². The number of phenolic OH excluding ortho intramolecular Hbond substituents is 1. The van der Waals surface area contributed by atoms with Crippen LogP contribution in [0.15, 0.2) is 36.4 Å². The molecule has 0 spiro atoms. The Hall–Kier alpha value is -1.47. The number of halogens is 1. The Morgan fingerprint density at radius 1 is 1.12 bits per heavy atom. The monoisotopic (exact) mass is 246 g/mol. The largest absolute Gasteiger partial charge is 0.507 e. The molecule has 0 atom stereocenters. The zero-order chi connectivity index (χ0) is 12.4. The Bertz CT molecular complexity index is 547. The summed E-state index contributed by atoms with van der Waals surface area (Å²) in [5.74, 6) is 0.393. The molecule has 2 aromatic rings. The zero-order valence-electron chi connectivity index (χ0n) is 10.00. The number of rotatable bonds is 2. The Kier molecular flexibility index (Phi) is 3.39. The molecule has 2 aromatic carbocycles. The van der Waals surface area contributed by atoms with Gasteiger partial charge >= 0.3 is 0 Å². The van der Waals surface area contributed by atoms with Crippen LogP contribution in [-0.2, 0) is 6.42 Å². The van der Waals surface area contributed by atoms with E-state index in [-0.39, 0.29) is 0 Å². The molecule has 0 aromatic heterocycles. The summed E-state index contributed by atoms with van der Waals surface area (Å²) in [4.78, 5) is 0. The lowest BCUT2D eigenvalue weighted by molar-refractivity contribution is 0.466. The molecule has 2 heteroatoms. The highest BCUT2D eigenvalue weighted by Crippen LogP contribution is 2.26. The summed E-state index contributed by atoms with van der Waals surface area (Å²) in [5, 5.41) is 10.6. The zero-order valence-corrected chi connectivity index (χ0v) is 10.8. The molecule has 0 heterocycles. The molecule has 0 bridgehead atoms. The van der Waals surface area contributed by atoms with Gasteiger partial charge in [-0.1, -0.05) is 35.9 Å². The van der Waals surface area contributed by atoms with Gasteiger partial charge in [0.1, 0.15) is 5.75 Å². The second-order valence-corrected chi connectivity index (χ2v) is 4.76. The molecule has 0 aliphatic carbocycles. The minimum Gasteiger partial charge on any atom is -0.507 e. The van der Waals surface area contributed by atoms with Crippen molar-refractivity contribution in [2.45, 2.75) is 20.3 Å². The van der Waals surface area contributed by atoms with Crippen molar-refractivity contribution in [1.82, 2.24) is 0 Å². The minimum atomic E-state index is 0.393. The first-order valence-corrected chi connectivity index (χ1v) is 5.98. The van der Waals surface area contributed by atoms with Gasteiger partial charge in [-0.3, -0.25) is 0 Å². The van der Waals surface area contributed by atoms with E-state index in [0.717, 1.165) is 33.7 Å². The van der Waals surface area contributed by atoms with Crippen molar-refractivity contribution in [2.75, 3.05) is 0 Å². The summed E-state index contributed by atoms with van der Waals surface area (Å²) in [6, 6.07) is 11.8. The molecule has 1 N–H and O–H groups in total. The lowest BCUT2D eigenvalue weighted by Crippen LogP contribution is -1.93. The maximum absolute atomic E-state index is 9.89. The van der Waals surface area contributed by atoms with Gasteiger partial charge in [0.15, 0.2) is 0 Å². The van der Waals surface area contributed by atoms with Gasteiger partial charge in [0.25, 0.3) is 0 Å². The first kappa shape index (κ1) is 12.0. The third-order valence-electron chi connectivity index (χ3n) is 3.03. The summed E-state index contributed by atoms with van der Waals surface area (Å²) in [6.07, 6.45) is 0.792. The number of aromatic hydroxyl groups is 1. The number of hydrogen-bond acceptors (Lipinski definition) is 1. The van der Waals surface area contributed by atoms with Crippen molar-refractivity contribution in [3.8, 4) is 5.75 Å². The molecule has 0 radical (unpaired) electrons. The maximum Gasteiger partial charge on any atom is 0.121 e. The van der Waals surface area contributed by atoms with Crippen LogP contribution in [0.4, 0.5) is 0 Å². The van der Waals surface area contributed by atoms with E-state index in [1.54, 1.807) is 0 Å². The quantitative estimate of drug-likeness (QED) is 0.840. The SMILES string of the molecule is Cc1ccc(Cc2cccc(Cl)c2)c(C)c1O. The average molecular weight is 247 g/mol. The van der Waals surface area contributed by atoms with Crippen LogP contribution in [0.25, 0.3) is 0 Å². The van der Waals surface area contributed by atoms with Gasteiger partial charge < -0.3 is 5.11 Å². The molecule has 1 nitrogen and oxygen atoms in total. The van der Waals surface area contributed by atoms with Crippen LogP contribution >= 0.6 is 11.6 Å². The van der Waals surface area contributed by atoms with Crippen LogP contribution in [0.1, 0.15) is 22.3 Å². The second kappa shape index (κ2) is 4.80. The molecule has 0 unspecified atom stereocenters. The fraction of sp³-hybridized carbons (Fsp3) is 0.200. The Balaban J connectivity index is 2.34. The van der Waals surface area contributed by atoms with Crippen molar-refractivity contribution in [2.24, 2.45) is 0 Å². The number of benzene rings is 2. The minimum absolute atomic E-state index is 0.393. The fourth-order valence-electron chi connectivity index (χ4n) is 1.94. The highest BCUT2D eigenvalue weighted by Gasteiger charge is 2.06. The van der Waals surface area contributed by atoms with Crippen LogP contribution in [0.3, 0.4) is 0 Å². The van der Waals surface area contributed by atoms with Crippen molar-refractivity contribution >= 4 is 11.6 Å². The van der Waals surface area contributed by atoms with E-state index in [0.29, 0.717) is 5.75 Å². The van der Waals surface area contributed by atoms with E-state index >= 15 is 0 Å². The Morgan fingerprint density at radius 2 is 1.88 bits per heavy atom. The average Bonchev–Trinajstić information content (AvgIpc) is 2.30.